The molecule has 0 aliphatic rings. The molecule has 0 amide bonds. The molecule has 3 heteroatoms. The molecule has 1 N–H and O–H groups in total. The van der Waals surface area contributed by atoms with Crippen molar-refractivity contribution in [3.8, 4) is 0 Å². The summed E-state index contributed by atoms with van der Waals surface area (Å²) in [6.45, 7) is 1.61. The van der Waals surface area contributed by atoms with Crippen LogP contribution >= 0.6 is 0 Å². The van der Waals surface area contributed by atoms with Gasteiger partial charge in [-0.1, -0.05) is 30.3 Å². The molecule has 0 saturated heterocycles. The number of rotatable bonds is 4. The van der Waals surface area contributed by atoms with Crippen molar-refractivity contribution in [1.29, 1.82) is 0 Å². The molecular weight excluding hydrogens is 200 g/mol. The number of benzene rings is 1. The lowest BCUT2D eigenvalue weighted by molar-refractivity contribution is -0.117. The Morgan fingerprint density at radius 3 is 2.69 bits per heavy atom. The molecule has 82 valence electrons. The number of ketones is 1. The number of nitrogens with one attached hydrogen (secondary N) is 1. The molecule has 2 rings (SSSR count). The lowest BCUT2D eigenvalue weighted by Crippen LogP contribution is -2.07. The van der Waals surface area contributed by atoms with Crippen LogP contribution in [0.3, 0.4) is 0 Å². The number of carbonyl (C=O) groups excluding carboxylic acids is 1. The van der Waals surface area contributed by atoms with Gasteiger partial charge in [0.2, 0.25) is 0 Å². The summed E-state index contributed by atoms with van der Waals surface area (Å²) in [6.07, 6.45) is 3.98. The van der Waals surface area contributed by atoms with Crippen LogP contribution in [0, 0.1) is 0 Å². The standard InChI is InChI=1S/C13H14N2O/c1-10(16)9-12(13-14-7-8-15-13)11-5-3-2-4-6-11/h2-8,12H,9H2,1H3,(H,14,15). The van der Waals surface area contributed by atoms with E-state index in [4.69, 9.17) is 0 Å². The highest BCUT2D eigenvalue weighted by molar-refractivity contribution is 5.76. The second-order valence-corrected chi connectivity index (χ2v) is 3.84. The first-order valence-corrected chi connectivity index (χ1v) is 5.31. The molecule has 1 atom stereocenters. The van der Waals surface area contributed by atoms with Crippen molar-refractivity contribution in [3.63, 3.8) is 0 Å². The van der Waals surface area contributed by atoms with Gasteiger partial charge in [0.1, 0.15) is 11.6 Å². The second kappa shape index (κ2) is 4.75. The molecule has 0 spiro atoms. The van der Waals surface area contributed by atoms with Crippen molar-refractivity contribution in [2.75, 3.05) is 0 Å². The number of hydrogen-bond donors (Lipinski definition) is 1. The van der Waals surface area contributed by atoms with E-state index in [1.807, 2.05) is 30.3 Å². The average Bonchev–Trinajstić information content (AvgIpc) is 2.80. The predicted octanol–water partition coefficient (Wildman–Crippen LogP) is 2.52. The Morgan fingerprint density at radius 1 is 1.38 bits per heavy atom. The molecule has 0 saturated carbocycles. The zero-order valence-electron chi connectivity index (χ0n) is 9.18. The molecule has 2 aromatic rings. The number of nitrogens with zero attached hydrogens (tertiary/aromatic N) is 1. The van der Waals surface area contributed by atoms with Gasteiger partial charge in [0.15, 0.2) is 0 Å². The van der Waals surface area contributed by atoms with E-state index in [1.165, 1.54) is 0 Å². The Bertz CT molecular complexity index is 448. The Balaban J connectivity index is 2.32. The fourth-order valence-corrected chi connectivity index (χ4v) is 1.81. The summed E-state index contributed by atoms with van der Waals surface area (Å²) in [4.78, 5) is 18.6. The number of H-pyrrole nitrogens is 1. The molecular formula is C13H14N2O. The van der Waals surface area contributed by atoms with E-state index in [1.54, 1.807) is 19.3 Å². The van der Waals surface area contributed by atoms with Gasteiger partial charge in [0, 0.05) is 24.7 Å². The first kappa shape index (κ1) is 10.6. The van der Waals surface area contributed by atoms with Crippen LogP contribution in [0.15, 0.2) is 42.7 Å². The Kier molecular flexibility index (Phi) is 3.15. The van der Waals surface area contributed by atoms with E-state index in [2.05, 4.69) is 9.97 Å². The third kappa shape index (κ3) is 2.37. The zero-order chi connectivity index (χ0) is 11.4. The molecule has 1 heterocycles. The van der Waals surface area contributed by atoms with Crippen molar-refractivity contribution in [3.05, 3.63) is 54.1 Å². The van der Waals surface area contributed by atoms with Gasteiger partial charge in [-0.3, -0.25) is 4.79 Å². The minimum Gasteiger partial charge on any atom is -0.348 e. The minimum absolute atomic E-state index is 0.0358. The first-order chi connectivity index (χ1) is 7.77. The van der Waals surface area contributed by atoms with E-state index >= 15 is 0 Å². The van der Waals surface area contributed by atoms with E-state index in [-0.39, 0.29) is 11.7 Å². The summed E-state index contributed by atoms with van der Waals surface area (Å²) in [5.41, 5.74) is 1.12. The SMILES string of the molecule is CC(=O)CC(c1ccccc1)c1ncc[nH]1. The maximum Gasteiger partial charge on any atom is 0.130 e. The van der Waals surface area contributed by atoms with Crippen molar-refractivity contribution in [2.24, 2.45) is 0 Å². The summed E-state index contributed by atoms with van der Waals surface area (Å²) in [5, 5.41) is 0. The average molecular weight is 214 g/mol. The van der Waals surface area contributed by atoms with Crippen LogP contribution in [0.2, 0.25) is 0 Å². The van der Waals surface area contributed by atoms with Crippen molar-refractivity contribution in [2.45, 2.75) is 19.3 Å². The van der Waals surface area contributed by atoms with Crippen LogP contribution in [-0.2, 0) is 4.79 Å². The van der Waals surface area contributed by atoms with Gasteiger partial charge in [-0.15, -0.1) is 0 Å². The van der Waals surface area contributed by atoms with Gasteiger partial charge >= 0.3 is 0 Å². The lowest BCUT2D eigenvalue weighted by Gasteiger charge is -2.13. The van der Waals surface area contributed by atoms with Crippen molar-refractivity contribution >= 4 is 5.78 Å². The summed E-state index contributed by atoms with van der Waals surface area (Å²) < 4.78 is 0. The highest BCUT2D eigenvalue weighted by Crippen LogP contribution is 2.25. The Hall–Kier alpha value is -1.90. The van der Waals surface area contributed by atoms with Gasteiger partial charge in [0.05, 0.1) is 0 Å². The van der Waals surface area contributed by atoms with E-state index < -0.39 is 0 Å². The van der Waals surface area contributed by atoms with Gasteiger partial charge in [0.25, 0.3) is 0 Å². The third-order valence-electron chi connectivity index (χ3n) is 2.54. The molecule has 0 bridgehead atoms. The van der Waals surface area contributed by atoms with E-state index in [9.17, 15) is 4.79 Å². The van der Waals surface area contributed by atoms with Crippen LogP contribution < -0.4 is 0 Å². The normalized spacial score (nSPS) is 12.3. The number of carbonyl (C=O) groups is 1. The molecule has 1 unspecified atom stereocenters. The Morgan fingerprint density at radius 2 is 2.12 bits per heavy atom. The number of aromatic amines is 1. The molecule has 1 aromatic carbocycles. The maximum atomic E-state index is 11.3. The molecule has 0 radical (unpaired) electrons. The zero-order valence-corrected chi connectivity index (χ0v) is 9.18. The fraction of sp³-hybridized carbons (Fsp3) is 0.231. The van der Waals surface area contributed by atoms with Crippen molar-refractivity contribution in [1.82, 2.24) is 9.97 Å². The van der Waals surface area contributed by atoms with Gasteiger partial charge in [-0.2, -0.15) is 0 Å². The van der Waals surface area contributed by atoms with Gasteiger partial charge in [-0.25, -0.2) is 4.98 Å². The quantitative estimate of drug-likeness (QED) is 0.850. The number of Topliss-reactive ketones (excluding diaryl/α,β-unsaturated/α-hetero) is 1. The van der Waals surface area contributed by atoms with Crippen LogP contribution in [0.25, 0.3) is 0 Å². The number of aromatic nitrogens is 2. The molecule has 1 aromatic heterocycles. The lowest BCUT2D eigenvalue weighted by atomic mass is 9.93. The molecule has 16 heavy (non-hydrogen) atoms. The molecule has 0 fully saturated rings. The summed E-state index contributed by atoms with van der Waals surface area (Å²) in [6, 6.07) is 9.97. The van der Waals surface area contributed by atoms with Crippen molar-refractivity contribution < 1.29 is 4.79 Å². The predicted molar refractivity (Wildman–Crippen MR) is 62.2 cm³/mol. The smallest absolute Gasteiger partial charge is 0.130 e. The Labute approximate surface area is 94.5 Å². The molecule has 3 nitrogen and oxygen atoms in total. The largest absolute Gasteiger partial charge is 0.348 e. The van der Waals surface area contributed by atoms with E-state index in [0.717, 1.165) is 11.4 Å². The van der Waals surface area contributed by atoms with Gasteiger partial charge in [-0.05, 0) is 12.5 Å². The van der Waals surface area contributed by atoms with Crippen LogP contribution in [0.1, 0.15) is 30.7 Å². The second-order valence-electron chi connectivity index (χ2n) is 3.84. The fourth-order valence-electron chi connectivity index (χ4n) is 1.81. The van der Waals surface area contributed by atoms with Crippen LogP contribution in [0.4, 0.5) is 0 Å². The highest BCUT2D eigenvalue weighted by Gasteiger charge is 2.17. The summed E-state index contributed by atoms with van der Waals surface area (Å²) in [5.74, 6) is 1.06. The monoisotopic (exact) mass is 214 g/mol. The summed E-state index contributed by atoms with van der Waals surface area (Å²) >= 11 is 0. The molecule has 0 aliphatic carbocycles. The van der Waals surface area contributed by atoms with Crippen LogP contribution in [0.5, 0.6) is 0 Å². The topological polar surface area (TPSA) is 45.8 Å². The highest BCUT2D eigenvalue weighted by atomic mass is 16.1. The minimum atomic E-state index is 0.0358. The van der Waals surface area contributed by atoms with Crippen LogP contribution in [-0.4, -0.2) is 15.8 Å². The van der Waals surface area contributed by atoms with Gasteiger partial charge < -0.3 is 4.98 Å². The number of imidazole rings is 1. The van der Waals surface area contributed by atoms with E-state index in [0.29, 0.717) is 6.42 Å². The maximum absolute atomic E-state index is 11.3. The molecule has 0 aliphatic heterocycles. The third-order valence-corrected chi connectivity index (χ3v) is 2.54. The first-order valence-electron chi connectivity index (χ1n) is 5.31. The number of hydrogen-bond acceptors (Lipinski definition) is 2. The summed E-state index contributed by atoms with van der Waals surface area (Å²) in [7, 11) is 0.